The topological polar surface area (TPSA) is 44.1 Å². The molecular formula is C10H15FN2O2. The number of hydrogen-bond acceptors (Lipinski definition) is 3. The Morgan fingerprint density at radius 2 is 2.33 bits per heavy atom. The molecule has 4 nitrogen and oxygen atoms in total. The number of esters is 1. The van der Waals surface area contributed by atoms with Gasteiger partial charge in [0, 0.05) is 18.3 Å². The fourth-order valence-corrected chi connectivity index (χ4v) is 1.29. The molecule has 0 aromatic carbocycles. The van der Waals surface area contributed by atoms with Gasteiger partial charge in [-0.05, 0) is 6.92 Å². The number of ether oxygens (including phenoxy) is 1. The number of rotatable bonds is 4. The lowest BCUT2D eigenvalue weighted by molar-refractivity contribution is -0.152. The van der Waals surface area contributed by atoms with E-state index in [2.05, 4.69) is 9.72 Å². The van der Waals surface area contributed by atoms with E-state index in [1.54, 1.807) is 6.92 Å². The second-order valence-corrected chi connectivity index (χ2v) is 3.44. The highest BCUT2D eigenvalue weighted by Crippen LogP contribution is 2.19. The van der Waals surface area contributed by atoms with Crippen molar-refractivity contribution in [2.45, 2.75) is 33.0 Å². The third-order valence-corrected chi connectivity index (χ3v) is 1.94. The Kier molecular flexibility index (Phi) is 3.82. The van der Waals surface area contributed by atoms with Crippen LogP contribution in [0.4, 0.5) is 4.39 Å². The fraction of sp³-hybridized carbons (Fsp3) is 0.600. The van der Waals surface area contributed by atoms with Gasteiger partial charge in [-0.3, -0.25) is 4.57 Å². The quantitative estimate of drug-likeness (QED) is 0.720. The van der Waals surface area contributed by atoms with E-state index >= 15 is 0 Å². The minimum absolute atomic E-state index is 0.0627. The number of alkyl halides is 1. The molecule has 5 heteroatoms. The summed E-state index contributed by atoms with van der Waals surface area (Å²) in [6.45, 7) is 5.58. The Hall–Kier alpha value is -1.39. The molecule has 15 heavy (non-hydrogen) atoms. The molecule has 1 aromatic heterocycles. The number of halogens is 1. The van der Waals surface area contributed by atoms with Crippen LogP contribution in [0.25, 0.3) is 0 Å². The minimum Gasteiger partial charge on any atom is -0.462 e. The number of carbonyl (C=O) groups excluding carboxylic acids is 1. The molecule has 0 fully saturated rings. The van der Waals surface area contributed by atoms with Gasteiger partial charge in [-0.25, -0.2) is 14.2 Å². The molecule has 0 N–H and O–H groups in total. The summed E-state index contributed by atoms with van der Waals surface area (Å²) in [5.74, 6) is -0.277. The standard InChI is InChI=1S/C10H15FN2O2/c1-4-15-10(14)8(11)13-6-5-12-9(13)7(2)3/h5-8H,4H2,1-3H3. The highest BCUT2D eigenvalue weighted by Gasteiger charge is 2.23. The van der Waals surface area contributed by atoms with Crippen LogP contribution in [0.15, 0.2) is 12.4 Å². The highest BCUT2D eigenvalue weighted by molar-refractivity contribution is 5.72. The largest absolute Gasteiger partial charge is 0.462 e. The smallest absolute Gasteiger partial charge is 0.362 e. The maximum Gasteiger partial charge on any atom is 0.362 e. The number of nitrogens with zero attached hydrogens (tertiary/aromatic N) is 2. The summed E-state index contributed by atoms with van der Waals surface area (Å²) in [5.41, 5.74) is 0. The zero-order chi connectivity index (χ0) is 11.4. The maximum absolute atomic E-state index is 13.6. The van der Waals surface area contributed by atoms with Crippen molar-refractivity contribution in [3.8, 4) is 0 Å². The predicted molar refractivity (Wildman–Crippen MR) is 53.1 cm³/mol. The monoisotopic (exact) mass is 214 g/mol. The molecular weight excluding hydrogens is 199 g/mol. The number of imidazole rings is 1. The van der Waals surface area contributed by atoms with Gasteiger partial charge in [0.15, 0.2) is 0 Å². The van der Waals surface area contributed by atoms with Crippen LogP contribution in [0, 0.1) is 0 Å². The van der Waals surface area contributed by atoms with E-state index in [4.69, 9.17) is 0 Å². The summed E-state index contributed by atoms with van der Waals surface area (Å²) in [4.78, 5) is 15.2. The van der Waals surface area contributed by atoms with E-state index < -0.39 is 12.3 Å². The lowest BCUT2D eigenvalue weighted by Gasteiger charge is -2.13. The highest BCUT2D eigenvalue weighted by atomic mass is 19.1. The molecule has 0 aliphatic heterocycles. The van der Waals surface area contributed by atoms with Crippen LogP contribution >= 0.6 is 0 Å². The van der Waals surface area contributed by atoms with Crippen LogP contribution in [0.5, 0.6) is 0 Å². The Morgan fingerprint density at radius 1 is 1.67 bits per heavy atom. The fourth-order valence-electron chi connectivity index (χ4n) is 1.29. The van der Waals surface area contributed by atoms with E-state index in [-0.39, 0.29) is 12.5 Å². The Labute approximate surface area is 88.1 Å². The summed E-state index contributed by atoms with van der Waals surface area (Å²) in [6.07, 6.45) is 1.11. The summed E-state index contributed by atoms with van der Waals surface area (Å²) >= 11 is 0. The SMILES string of the molecule is CCOC(=O)C(F)n1ccnc1C(C)C. The average Bonchev–Trinajstić information content (AvgIpc) is 2.65. The second kappa shape index (κ2) is 4.91. The zero-order valence-electron chi connectivity index (χ0n) is 9.11. The number of hydrogen-bond donors (Lipinski definition) is 0. The lowest BCUT2D eigenvalue weighted by Crippen LogP contribution is -2.19. The van der Waals surface area contributed by atoms with Gasteiger partial charge in [0.05, 0.1) is 6.61 Å². The molecule has 0 aliphatic carbocycles. The second-order valence-electron chi connectivity index (χ2n) is 3.44. The van der Waals surface area contributed by atoms with Gasteiger partial charge in [-0.2, -0.15) is 0 Å². The summed E-state index contributed by atoms with van der Waals surface area (Å²) in [5, 5.41) is 0. The Balaban J connectivity index is 2.85. The molecule has 1 unspecified atom stereocenters. The first-order chi connectivity index (χ1) is 7.07. The third-order valence-electron chi connectivity index (χ3n) is 1.94. The first-order valence-corrected chi connectivity index (χ1v) is 4.91. The van der Waals surface area contributed by atoms with Gasteiger partial charge in [0.2, 0.25) is 0 Å². The Bertz CT molecular complexity index is 336. The van der Waals surface area contributed by atoms with Gasteiger partial charge in [0.1, 0.15) is 5.82 Å². The summed E-state index contributed by atoms with van der Waals surface area (Å²) in [6, 6.07) is 0. The summed E-state index contributed by atoms with van der Waals surface area (Å²) < 4.78 is 19.4. The molecule has 0 bridgehead atoms. The van der Waals surface area contributed by atoms with Crippen LogP contribution in [-0.4, -0.2) is 22.1 Å². The van der Waals surface area contributed by atoms with Gasteiger partial charge in [0.25, 0.3) is 6.30 Å². The van der Waals surface area contributed by atoms with Crippen LogP contribution in [0.1, 0.15) is 38.8 Å². The van der Waals surface area contributed by atoms with Gasteiger partial charge < -0.3 is 4.74 Å². The van der Waals surface area contributed by atoms with E-state index in [1.165, 1.54) is 17.0 Å². The van der Waals surface area contributed by atoms with Crippen molar-refractivity contribution in [3.05, 3.63) is 18.2 Å². The first-order valence-electron chi connectivity index (χ1n) is 4.91. The average molecular weight is 214 g/mol. The molecule has 1 heterocycles. The van der Waals surface area contributed by atoms with Crippen molar-refractivity contribution >= 4 is 5.97 Å². The molecule has 0 radical (unpaired) electrons. The van der Waals surface area contributed by atoms with Crippen LogP contribution in [0.2, 0.25) is 0 Å². The summed E-state index contributed by atoms with van der Waals surface area (Å²) in [7, 11) is 0. The lowest BCUT2D eigenvalue weighted by atomic mass is 10.2. The van der Waals surface area contributed by atoms with Crippen LogP contribution in [-0.2, 0) is 9.53 Å². The number of aromatic nitrogens is 2. The van der Waals surface area contributed by atoms with E-state index in [0.717, 1.165) is 0 Å². The molecule has 1 atom stereocenters. The van der Waals surface area contributed by atoms with Crippen molar-refractivity contribution in [1.82, 2.24) is 9.55 Å². The first kappa shape index (κ1) is 11.7. The molecule has 0 saturated heterocycles. The van der Waals surface area contributed by atoms with Crippen LogP contribution < -0.4 is 0 Å². The van der Waals surface area contributed by atoms with Crippen molar-refractivity contribution in [2.75, 3.05) is 6.61 Å². The third kappa shape index (κ3) is 2.55. The van der Waals surface area contributed by atoms with Gasteiger partial charge in [-0.1, -0.05) is 13.8 Å². The molecule has 0 aliphatic rings. The van der Waals surface area contributed by atoms with E-state index in [1.807, 2.05) is 13.8 Å². The van der Waals surface area contributed by atoms with Crippen molar-refractivity contribution in [2.24, 2.45) is 0 Å². The zero-order valence-corrected chi connectivity index (χ0v) is 9.11. The van der Waals surface area contributed by atoms with Gasteiger partial charge in [-0.15, -0.1) is 0 Å². The van der Waals surface area contributed by atoms with Gasteiger partial charge >= 0.3 is 5.97 Å². The number of carbonyl (C=O) groups is 1. The molecule has 1 rings (SSSR count). The molecule has 0 spiro atoms. The molecule has 84 valence electrons. The van der Waals surface area contributed by atoms with Crippen molar-refractivity contribution in [1.29, 1.82) is 0 Å². The Morgan fingerprint density at radius 3 is 2.87 bits per heavy atom. The molecule has 0 amide bonds. The van der Waals surface area contributed by atoms with E-state index in [0.29, 0.717) is 5.82 Å². The van der Waals surface area contributed by atoms with Crippen molar-refractivity contribution in [3.63, 3.8) is 0 Å². The maximum atomic E-state index is 13.6. The predicted octanol–water partition coefficient (Wildman–Crippen LogP) is 2.04. The van der Waals surface area contributed by atoms with Crippen LogP contribution in [0.3, 0.4) is 0 Å². The molecule has 1 aromatic rings. The molecule has 0 saturated carbocycles. The normalized spacial score (nSPS) is 12.9. The van der Waals surface area contributed by atoms with E-state index in [9.17, 15) is 9.18 Å². The minimum atomic E-state index is -1.80. The van der Waals surface area contributed by atoms with Crippen molar-refractivity contribution < 1.29 is 13.9 Å².